The fourth-order valence-electron chi connectivity index (χ4n) is 3.07. The second-order valence-corrected chi connectivity index (χ2v) is 5.61. The van der Waals surface area contributed by atoms with Crippen LogP contribution in [0.3, 0.4) is 0 Å². The molecule has 1 aliphatic heterocycles. The zero-order valence-corrected chi connectivity index (χ0v) is 11.9. The van der Waals surface area contributed by atoms with Crippen LogP contribution < -0.4 is 5.32 Å². The van der Waals surface area contributed by atoms with E-state index >= 15 is 0 Å². The van der Waals surface area contributed by atoms with E-state index in [0.29, 0.717) is 6.04 Å². The van der Waals surface area contributed by atoms with Crippen molar-refractivity contribution in [3.8, 4) is 0 Å². The van der Waals surface area contributed by atoms with Crippen LogP contribution >= 0.6 is 0 Å². The lowest BCUT2D eigenvalue weighted by molar-refractivity contribution is 0.399. The number of benzene rings is 1. The van der Waals surface area contributed by atoms with Crippen LogP contribution in [0.15, 0.2) is 24.3 Å². The lowest BCUT2D eigenvalue weighted by Crippen LogP contribution is -2.35. The maximum absolute atomic E-state index is 3.63. The highest BCUT2D eigenvalue weighted by molar-refractivity contribution is 5.26. The Morgan fingerprint density at radius 2 is 1.83 bits per heavy atom. The molecular weight excluding hydrogens is 218 g/mol. The highest BCUT2D eigenvalue weighted by Gasteiger charge is 2.13. The third kappa shape index (κ3) is 3.58. The summed E-state index contributed by atoms with van der Waals surface area (Å²) >= 11 is 0. The molecule has 0 radical (unpaired) electrons. The van der Waals surface area contributed by atoms with Crippen molar-refractivity contribution in [3.05, 3.63) is 35.4 Å². The summed E-state index contributed by atoms with van der Waals surface area (Å²) in [4.78, 5) is 0. The molecule has 1 aliphatic rings. The van der Waals surface area contributed by atoms with Crippen LogP contribution in [0.1, 0.15) is 63.0 Å². The molecule has 0 amide bonds. The molecule has 1 aromatic rings. The van der Waals surface area contributed by atoms with Gasteiger partial charge in [0, 0.05) is 6.04 Å². The molecule has 1 fully saturated rings. The van der Waals surface area contributed by atoms with E-state index in [1.807, 2.05) is 0 Å². The Labute approximate surface area is 112 Å². The molecule has 1 N–H and O–H groups in total. The van der Waals surface area contributed by atoms with Crippen molar-refractivity contribution in [1.29, 1.82) is 0 Å². The van der Waals surface area contributed by atoms with Crippen molar-refractivity contribution < 1.29 is 0 Å². The third-order valence-corrected chi connectivity index (χ3v) is 4.33. The average molecular weight is 245 g/mol. The number of hydrogen-bond donors (Lipinski definition) is 1. The van der Waals surface area contributed by atoms with Crippen molar-refractivity contribution >= 4 is 0 Å². The van der Waals surface area contributed by atoms with E-state index < -0.39 is 0 Å². The maximum atomic E-state index is 3.63. The number of hydrogen-bond acceptors (Lipinski definition) is 1. The van der Waals surface area contributed by atoms with Gasteiger partial charge in [-0.25, -0.2) is 0 Å². The first-order chi connectivity index (χ1) is 8.83. The van der Waals surface area contributed by atoms with E-state index in [-0.39, 0.29) is 0 Å². The molecule has 0 bridgehead atoms. The highest BCUT2D eigenvalue weighted by atomic mass is 14.9. The van der Waals surface area contributed by atoms with Crippen LogP contribution in [-0.2, 0) is 6.42 Å². The Balaban J connectivity index is 1.94. The SMILES string of the molecule is CCC(CC)c1ccc(CC2CCCCN2)cc1. The molecule has 100 valence electrons. The molecule has 0 aromatic heterocycles. The van der Waals surface area contributed by atoms with Crippen molar-refractivity contribution in [2.75, 3.05) is 6.54 Å². The molecular formula is C17H27N. The molecule has 1 nitrogen and oxygen atoms in total. The number of rotatable bonds is 5. The predicted molar refractivity (Wildman–Crippen MR) is 79.1 cm³/mol. The first kappa shape index (κ1) is 13.6. The summed E-state index contributed by atoms with van der Waals surface area (Å²) in [7, 11) is 0. The minimum Gasteiger partial charge on any atom is -0.314 e. The summed E-state index contributed by atoms with van der Waals surface area (Å²) in [5.41, 5.74) is 3.00. The van der Waals surface area contributed by atoms with Gasteiger partial charge in [-0.3, -0.25) is 0 Å². The molecule has 1 heteroatoms. The second-order valence-electron chi connectivity index (χ2n) is 5.61. The molecule has 18 heavy (non-hydrogen) atoms. The predicted octanol–water partition coefficient (Wildman–Crippen LogP) is 4.27. The van der Waals surface area contributed by atoms with E-state index in [1.165, 1.54) is 56.2 Å². The molecule has 1 unspecified atom stereocenters. The highest BCUT2D eigenvalue weighted by Crippen LogP contribution is 2.23. The normalized spacial score (nSPS) is 20.3. The minimum absolute atomic E-state index is 0.706. The Bertz CT molecular complexity index is 331. The average Bonchev–Trinajstić information content (AvgIpc) is 2.43. The van der Waals surface area contributed by atoms with Crippen LogP contribution in [0, 0.1) is 0 Å². The van der Waals surface area contributed by atoms with Gasteiger partial charge >= 0.3 is 0 Å². The maximum Gasteiger partial charge on any atom is 0.0107 e. The van der Waals surface area contributed by atoms with E-state index in [4.69, 9.17) is 0 Å². The van der Waals surface area contributed by atoms with Crippen LogP contribution in [0.25, 0.3) is 0 Å². The summed E-state index contributed by atoms with van der Waals surface area (Å²) in [6, 6.07) is 10.1. The molecule has 1 saturated heterocycles. The van der Waals surface area contributed by atoms with Gasteiger partial charge in [0.2, 0.25) is 0 Å². The smallest absolute Gasteiger partial charge is 0.0107 e. The van der Waals surface area contributed by atoms with Crippen molar-refractivity contribution in [2.24, 2.45) is 0 Å². The molecule has 0 spiro atoms. The number of nitrogens with one attached hydrogen (secondary N) is 1. The zero-order chi connectivity index (χ0) is 12.8. The van der Waals surface area contributed by atoms with Crippen LogP contribution in [0.2, 0.25) is 0 Å². The molecule has 0 aliphatic carbocycles. The lowest BCUT2D eigenvalue weighted by atomic mass is 9.91. The van der Waals surface area contributed by atoms with Gasteiger partial charge in [-0.15, -0.1) is 0 Å². The Morgan fingerprint density at radius 3 is 2.39 bits per heavy atom. The fraction of sp³-hybridized carbons (Fsp3) is 0.647. The van der Waals surface area contributed by atoms with Gasteiger partial charge in [-0.05, 0) is 55.7 Å². The van der Waals surface area contributed by atoms with Gasteiger partial charge in [0.25, 0.3) is 0 Å². The van der Waals surface area contributed by atoms with Crippen molar-refractivity contribution in [1.82, 2.24) is 5.32 Å². The van der Waals surface area contributed by atoms with Gasteiger partial charge in [0.15, 0.2) is 0 Å². The topological polar surface area (TPSA) is 12.0 Å². The standard InChI is InChI=1S/C17H27N/c1-3-15(4-2)16-10-8-14(9-11-16)13-17-7-5-6-12-18-17/h8-11,15,17-18H,3-7,12-13H2,1-2H3. The van der Waals surface area contributed by atoms with Gasteiger partial charge in [0.05, 0.1) is 0 Å². The largest absolute Gasteiger partial charge is 0.314 e. The lowest BCUT2D eigenvalue weighted by Gasteiger charge is -2.23. The van der Waals surface area contributed by atoms with Gasteiger partial charge in [0.1, 0.15) is 0 Å². The second kappa shape index (κ2) is 6.94. The summed E-state index contributed by atoms with van der Waals surface area (Å²) < 4.78 is 0. The van der Waals surface area contributed by atoms with Crippen LogP contribution in [-0.4, -0.2) is 12.6 Å². The van der Waals surface area contributed by atoms with Crippen LogP contribution in [0.4, 0.5) is 0 Å². The molecule has 1 aromatic carbocycles. The summed E-state index contributed by atoms with van der Waals surface area (Å²) in [5, 5.41) is 3.63. The quantitative estimate of drug-likeness (QED) is 0.816. The first-order valence-corrected chi connectivity index (χ1v) is 7.65. The van der Waals surface area contributed by atoms with Gasteiger partial charge in [-0.1, -0.05) is 44.5 Å². The third-order valence-electron chi connectivity index (χ3n) is 4.33. The minimum atomic E-state index is 0.706. The zero-order valence-electron chi connectivity index (χ0n) is 11.9. The molecule has 1 heterocycles. The summed E-state index contributed by atoms with van der Waals surface area (Å²) in [5.74, 6) is 0.742. The van der Waals surface area contributed by atoms with Gasteiger partial charge in [-0.2, -0.15) is 0 Å². The number of piperidine rings is 1. The summed E-state index contributed by atoms with van der Waals surface area (Å²) in [6.45, 7) is 5.78. The first-order valence-electron chi connectivity index (χ1n) is 7.65. The Hall–Kier alpha value is -0.820. The molecule has 1 atom stereocenters. The van der Waals surface area contributed by atoms with Crippen molar-refractivity contribution in [2.45, 2.75) is 64.3 Å². The Morgan fingerprint density at radius 1 is 1.11 bits per heavy atom. The summed E-state index contributed by atoms with van der Waals surface area (Å²) in [6.07, 6.45) is 7.78. The Kier molecular flexibility index (Phi) is 5.25. The molecule has 2 rings (SSSR count). The van der Waals surface area contributed by atoms with E-state index in [2.05, 4.69) is 43.4 Å². The van der Waals surface area contributed by atoms with Gasteiger partial charge < -0.3 is 5.32 Å². The van der Waals surface area contributed by atoms with E-state index in [1.54, 1.807) is 0 Å². The van der Waals surface area contributed by atoms with E-state index in [0.717, 1.165) is 5.92 Å². The van der Waals surface area contributed by atoms with E-state index in [9.17, 15) is 0 Å². The monoisotopic (exact) mass is 245 g/mol. The van der Waals surface area contributed by atoms with Crippen LogP contribution in [0.5, 0.6) is 0 Å². The fourth-order valence-corrected chi connectivity index (χ4v) is 3.07. The molecule has 0 saturated carbocycles. The van der Waals surface area contributed by atoms with Crippen molar-refractivity contribution in [3.63, 3.8) is 0 Å².